The average molecular weight is 1230 g/mol. The van der Waals surface area contributed by atoms with Gasteiger partial charge in [0, 0.05) is 115 Å². The summed E-state index contributed by atoms with van der Waals surface area (Å²) in [6.07, 6.45) is 0. The van der Waals surface area contributed by atoms with E-state index in [2.05, 4.69) is 399 Å². The Kier molecular flexibility index (Phi) is 19.9. The summed E-state index contributed by atoms with van der Waals surface area (Å²) in [6, 6.07) is 99.3. The van der Waals surface area contributed by atoms with Crippen molar-refractivity contribution in [3.63, 3.8) is 0 Å². The Morgan fingerprint density at radius 1 is 0.191 bits per heavy atom. The molecule has 0 radical (unpaired) electrons. The first kappa shape index (κ1) is 64.8. The minimum Gasteiger partial charge on any atom is -0.194 e. The largest absolute Gasteiger partial charge is 0.215 e. The number of nitrogens with zero attached hydrogens (tertiary/aromatic N) is 5. The lowest BCUT2D eigenvalue weighted by Crippen LogP contribution is -2.33. The molecule has 0 aliphatic carbocycles. The lowest BCUT2D eigenvalue weighted by Gasteiger charge is -2.09. The van der Waals surface area contributed by atoms with Gasteiger partial charge in [0.15, 0.2) is 0 Å². The highest BCUT2D eigenvalue weighted by Crippen LogP contribution is 2.29. The van der Waals surface area contributed by atoms with Gasteiger partial charge in [-0.05, 0) is 186 Å². The normalized spacial score (nSPS) is 10.9. The van der Waals surface area contributed by atoms with E-state index in [0.717, 1.165) is 0 Å². The first-order valence-electron chi connectivity index (χ1n) is 32.7. The van der Waals surface area contributed by atoms with Crippen LogP contribution < -0.4 is 22.8 Å². The van der Waals surface area contributed by atoms with Crippen LogP contribution >= 0.6 is 0 Å². The maximum absolute atomic E-state index is 2.30. The molecule has 0 amide bonds. The van der Waals surface area contributed by atoms with Crippen molar-refractivity contribution in [2.75, 3.05) is 0 Å². The first-order valence-corrected chi connectivity index (χ1v) is 32.7. The number of fused-ring (bicyclic) bond motifs is 5. The molecule has 464 valence electrons. The van der Waals surface area contributed by atoms with E-state index >= 15 is 0 Å². The molecule has 15 aromatic rings. The molecule has 0 atom stereocenters. The van der Waals surface area contributed by atoms with Gasteiger partial charge in [-0.15, -0.1) is 0 Å². The molecule has 15 rings (SSSR count). The summed E-state index contributed by atoms with van der Waals surface area (Å²) in [5.74, 6) is 0. The third-order valence-corrected chi connectivity index (χ3v) is 18.6. The molecule has 0 saturated carbocycles. The average Bonchev–Trinajstić information content (AvgIpc) is 0.899. The van der Waals surface area contributed by atoms with Gasteiger partial charge in [0.1, 0.15) is 35.2 Å². The number of pyridine rings is 5. The number of hydrogen-bond donors (Lipinski definition) is 0. The van der Waals surface area contributed by atoms with Gasteiger partial charge in [-0.2, -0.15) is 22.8 Å². The van der Waals surface area contributed by atoms with Gasteiger partial charge < -0.3 is 0 Å². The highest BCUT2D eigenvalue weighted by molar-refractivity contribution is 5.83. The zero-order valence-electron chi connectivity index (χ0n) is 57.3. The monoisotopic (exact) mass is 1230 g/mol. The van der Waals surface area contributed by atoms with Crippen LogP contribution in [0.4, 0.5) is 0 Å². The van der Waals surface area contributed by atoms with Crippen molar-refractivity contribution in [2.45, 2.75) is 62.3 Å². The van der Waals surface area contributed by atoms with Gasteiger partial charge in [-0.3, -0.25) is 0 Å². The molecule has 5 nitrogen and oxygen atoms in total. The Bertz CT molecular complexity index is 5210. The predicted molar refractivity (Wildman–Crippen MR) is 395 cm³/mol. The van der Waals surface area contributed by atoms with E-state index in [-0.39, 0.29) is 0 Å². The molecule has 0 saturated heterocycles. The van der Waals surface area contributed by atoms with Crippen LogP contribution in [0.1, 0.15) is 50.1 Å². The van der Waals surface area contributed by atoms with E-state index in [1.54, 1.807) is 0 Å². The third kappa shape index (κ3) is 13.9. The lowest BCUT2D eigenvalue weighted by atomic mass is 10.00. The van der Waals surface area contributed by atoms with Crippen molar-refractivity contribution < 1.29 is 22.8 Å². The predicted octanol–water partition coefficient (Wildman–Crippen LogP) is 19.4. The van der Waals surface area contributed by atoms with E-state index in [1.807, 2.05) is 0 Å². The van der Waals surface area contributed by atoms with Crippen LogP contribution in [0.15, 0.2) is 279 Å². The van der Waals surface area contributed by atoms with Crippen molar-refractivity contribution in [1.82, 2.24) is 0 Å². The maximum atomic E-state index is 2.30. The lowest BCUT2D eigenvalue weighted by molar-refractivity contribution is -0.634. The smallest absolute Gasteiger partial charge is 0.194 e. The molecular formula is C89H88N5+5. The summed E-state index contributed by atoms with van der Waals surface area (Å²) < 4.78 is 11.4. The molecule has 0 fully saturated rings. The summed E-state index contributed by atoms with van der Waals surface area (Å²) in [4.78, 5) is 0. The summed E-state index contributed by atoms with van der Waals surface area (Å²) in [6.45, 7) is 19.5. The summed E-state index contributed by atoms with van der Waals surface area (Å²) in [7, 11) is 10.7. The minimum atomic E-state index is 1.26. The second-order valence-corrected chi connectivity index (χ2v) is 25.2. The second kappa shape index (κ2) is 28.8. The second-order valence-electron chi connectivity index (χ2n) is 25.2. The van der Waals surface area contributed by atoms with E-state index in [4.69, 9.17) is 0 Å². The molecule has 0 N–H and O–H groups in total. The molecule has 5 aromatic heterocycles. The Hall–Kier alpha value is -10.8. The molecule has 0 aliphatic heterocycles. The Morgan fingerprint density at radius 3 is 1.02 bits per heavy atom. The van der Waals surface area contributed by atoms with Crippen molar-refractivity contribution in [2.24, 2.45) is 35.2 Å². The Balaban J connectivity index is 0.000000120. The van der Waals surface area contributed by atoms with Gasteiger partial charge in [0.05, 0.1) is 0 Å². The quantitative estimate of drug-likeness (QED) is 0.153. The molecule has 5 heterocycles. The van der Waals surface area contributed by atoms with Crippen LogP contribution in [0.2, 0.25) is 0 Å². The number of hydrogen-bond acceptors (Lipinski definition) is 0. The molecule has 94 heavy (non-hydrogen) atoms. The van der Waals surface area contributed by atoms with Crippen LogP contribution in [-0.2, 0) is 35.2 Å². The van der Waals surface area contributed by atoms with Gasteiger partial charge in [-0.25, -0.2) is 0 Å². The molecular weight excluding hydrogens is 1140 g/mol. The minimum absolute atomic E-state index is 1.26. The molecule has 0 spiro atoms. The van der Waals surface area contributed by atoms with E-state index in [1.165, 1.54) is 161 Å². The van der Waals surface area contributed by atoms with Crippen molar-refractivity contribution in [3.05, 3.63) is 329 Å². The number of benzene rings is 10. The van der Waals surface area contributed by atoms with Gasteiger partial charge in [0.2, 0.25) is 56.1 Å². The molecule has 0 bridgehead atoms. The fourth-order valence-corrected chi connectivity index (χ4v) is 13.3. The van der Waals surface area contributed by atoms with Crippen molar-refractivity contribution >= 4 is 54.5 Å². The fourth-order valence-electron chi connectivity index (χ4n) is 13.3. The van der Waals surface area contributed by atoms with Crippen LogP contribution in [0.25, 0.3) is 111 Å². The molecule has 5 heteroatoms. The summed E-state index contributed by atoms with van der Waals surface area (Å²) in [5, 5.41) is 6.45. The summed E-state index contributed by atoms with van der Waals surface area (Å²) >= 11 is 0. The van der Waals surface area contributed by atoms with Gasteiger partial charge in [-0.1, -0.05) is 145 Å². The number of aromatic nitrogens is 5. The van der Waals surface area contributed by atoms with Crippen LogP contribution in [0.3, 0.4) is 0 Å². The van der Waals surface area contributed by atoms with Crippen molar-refractivity contribution in [3.8, 4) is 56.3 Å². The van der Waals surface area contributed by atoms with Crippen LogP contribution in [-0.4, -0.2) is 0 Å². The van der Waals surface area contributed by atoms with E-state index in [0.29, 0.717) is 0 Å². The van der Waals surface area contributed by atoms with Crippen molar-refractivity contribution in [1.29, 1.82) is 0 Å². The van der Waals surface area contributed by atoms with Crippen LogP contribution in [0.5, 0.6) is 0 Å². The molecule has 0 unspecified atom stereocenters. The van der Waals surface area contributed by atoms with Gasteiger partial charge >= 0.3 is 0 Å². The summed E-state index contributed by atoms with van der Waals surface area (Å²) in [5.41, 5.74) is 31.0. The van der Waals surface area contributed by atoms with E-state index < -0.39 is 0 Å². The SMILES string of the molecule is Cc1ccc(C)c(-c2ccc3ccccc3[n+]2C)c1.Cc1ccc2ccc(-c3ccccc3C)[n+](C)c2c1.Cc1ccccc1-c1c(C)cc2ccccc2[n+]1C.Cc1ccccc1-c1ccc2c(C)cccc2[n+]1C.Cc1ccccc1-c1ccc2ccccc2[n+]1C. The Labute approximate surface area is 557 Å². The topological polar surface area (TPSA) is 19.4 Å². The molecule has 10 aromatic carbocycles. The van der Waals surface area contributed by atoms with Gasteiger partial charge in [0.25, 0.3) is 0 Å². The highest BCUT2D eigenvalue weighted by atomic mass is 15.0. The third-order valence-electron chi connectivity index (χ3n) is 18.6. The zero-order valence-corrected chi connectivity index (χ0v) is 57.3. The number of para-hydroxylation sites is 3. The first-order chi connectivity index (χ1) is 45.5. The number of aryl methyl sites for hydroxylation is 14. The van der Waals surface area contributed by atoms with E-state index in [9.17, 15) is 0 Å². The Morgan fingerprint density at radius 2 is 0.521 bits per heavy atom. The standard InChI is InChI=1S/4C18H18N.C17H16N/c1-13-8-4-6-10-16(13)18-14(2)12-15-9-5-7-11-17(15)19(18)3;1-13-7-4-5-9-15(13)18-12-11-16-14(2)8-6-10-17(16)19(18)3;1-13-8-9-14(2)16(12-13)18-11-10-15-6-4-5-7-17(15)19(18)3;1-13-8-9-15-10-11-17(19(3)18(15)12-13)16-7-5-4-6-14(16)2;1-13-7-3-5-9-15(13)17-12-11-14-8-4-6-10-16(14)18(17)2/h4*4-12H,1-3H3;3-12H,1-2H3/q5*+1. The molecule has 0 aliphatic rings. The zero-order chi connectivity index (χ0) is 66.2. The highest BCUT2D eigenvalue weighted by Gasteiger charge is 2.21. The fraction of sp³-hybridized carbons (Fsp3) is 0.157. The maximum Gasteiger partial charge on any atom is 0.215 e. The van der Waals surface area contributed by atoms with Crippen LogP contribution in [0, 0.1) is 62.3 Å². The number of rotatable bonds is 5.